The first-order valence-electron chi connectivity index (χ1n) is 5.61. The maximum atomic E-state index is 11.7. The Balaban J connectivity index is 2.17. The molecular weight excluding hydrogens is 232 g/mol. The number of nitrogens with two attached hydrogens (primary N) is 1. The van der Waals surface area contributed by atoms with Crippen LogP contribution in [0.15, 0.2) is 6.20 Å². The zero-order chi connectivity index (χ0) is 12.7. The van der Waals surface area contributed by atoms with Crippen molar-refractivity contribution in [2.45, 2.75) is 12.8 Å². The standard InChI is InChI=1S/C11H12N6O/c1-13-10(18)9-6-3-2-5-4-14-11(12)15-7(5)8(6)16-17-9/h4H,2-3H2,1H3,(H,13,18)(H,16,17)(H2,12,14,15). The molecule has 0 unspecified atom stereocenters. The Kier molecular flexibility index (Phi) is 2.26. The third-order valence-corrected chi connectivity index (χ3v) is 3.07. The summed E-state index contributed by atoms with van der Waals surface area (Å²) >= 11 is 0. The first-order chi connectivity index (χ1) is 8.70. The number of nitrogens with one attached hydrogen (secondary N) is 2. The third kappa shape index (κ3) is 1.44. The summed E-state index contributed by atoms with van der Waals surface area (Å²) < 4.78 is 0. The first-order valence-corrected chi connectivity index (χ1v) is 5.61. The summed E-state index contributed by atoms with van der Waals surface area (Å²) in [7, 11) is 1.59. The molecule has 0 saturated carbocycles. The van der Waals surface area contributed by atoms with E-state index in [-0.39, 0.29) is 11.9 Å². The monoisotopic (exact) mass is 244 g/mol. The van der Waals surface area contributed by atoms with Crippen LogP contribution in [0.2, 0.25) is 0 Å². The van der Waals surface area contributed by atoms with Gasteiger partial charge in [0.05, 0.1) is 5.69 Å². The van der Waals surface area contributed by atoms with Gasteiger partial charge in [-0.2, -0.15) is 5.10 Å². The van der Waals surface area contributed by atoms with Crippen molar-refractivity contribution < 1.29 is 4.79 Å². The zero-order valence-corrected chi connectivity index (χ0v) is 9.82. The van der Waals surface area contributed by atoms with Crippen LogP contribution < -0.4 is 11.1 Å². The van der Waals surface area contributed by atoms with Gasteiger partial charge in [-0.25, -0.2) is 9.97 Å². The lowest BCUT2D eigenvalue weighted by Gasteiger charge is -2.14. The second-order valence-electron chi connectivity index (χ2n) is 4.11. The van der Waals surface area contributed by atoms with Crippen LogP contribution in [-0.4, -0.2) is 33.1 Å². The van der Waals surface area contributed by atoms with E-state index < -0.39 is 0 Å². The van der Waals surface area contributed by atoms with Gasteiger partial charge in [0, 0.05) is 18.8 Å². The minimum atomic E-state index is -0.172. The van der Waals surface area contributed by atoms with Crippen LogP contribution in [-0.2, 0) is 12.8 Å². The minimum Gasteiger partial charge on any atom is -0.368 e. The molecule has 3 rings (SSSR count). The van der Waals surface area contributed by atoms with Crippen molar-refractivity contribution >= 4 is 11.9 Å². The van der Waals surface area contributed by atoms with E-state index in [9.17, 15) is 4.79 Å². The molecule has 0 atom stereocenters. The molecule has 2 heterocycles. The van der Waals surface area contributed by atoms with Gasteiger partial charge in [0.2, 0.25) is 5.95 Å². The fourth-order valence-electron chi connectivity index (χ4n) is 2.19. The fraction of sp³-hybridized carbons (Fsp3) is 0.273. The second kappa shape index (κ2) is 3.80. The van der Waals surface area contributed by atoms with E-state index in [0.29, 0.717) is 11.4 Å². The maximum Gasteiger partial charge on any atom is 0.269 e. The molecule has 1 aliphatic rings. The summed E-state index contributed by atoms with van der Waals surface area (Å²) in [6.45, 7) is 0. The average Bonchev–Trinajstić information content (AvgIpc) is 2.82. The van der Waals surface area contributed by atoms with Gasteiger partial charge in [0.1, 0.15) is 11.4 Å². The smallest absolute Gasteiger partial charge is 0.269 e. The number of H-pyrrole nitrogens is 1. The molecule has 0 radical (unpaired) electrons. The maximum absolute atomic E-state index is 11.7. The van der Waals surface area contributed by atoms with Crippen molar-refractivity contribution in [3.05, 3.63) is 23.0 Å². The van der Waals surface area contributed by atoms with Crippen molar-refractivity contribution in [1.29, 1.82) is 0 Å². The topological polar surface area (TPSA) is 110 Å². The Morgan fingerprint density at radius 3 is 3.06 bits per heavy atom. The van der Waals surface area contributed by atoms with Crippen molar-refractivity contribution in [2.75, 3.05) is 12.8 Å². The van der Waals surface area contributed by atoms with Gasteiger partial charge in [0.25, 0.3) is 5.91 Å². The van der Waals surface area contributed by atoms with Gasteiger partial charge < -0.3 is 11.1 Å². The van der Waals surface area contributed by atoms with Crippen LogP contribution in [0.25, 0.3) is 11.4 Å². The molecule has 1 aliphatic carbocycles. The van der Waals surface area contributed by atoms with Crippen LogP contribution >= 0.6 is 0 Å². The highest BCUT2D eigenvalue weighted by Crippen LogP contribution is 2.31. The number of carbonyl (C=O) groups is 1. The molecule has 0 saturated heterocycles. The summed E-state index contributed by atoms with van der Waals surface area (Å²) in [5, 5.41) is 9.53. The Hall–Kier alpha value is -2.44. The van der Waals surface area contributed by atoms with Crippen LogP contribution in [0.3, 0.4) is 0 Å². The highest BCUT2D eigenvalue weighted by Gasteiger charge is 2.26. The average molecular weight is 244 g/mol. The van der Waals surface area contributed by atoms with Crippen molar-refractivity contribution in [1.82, 2.24) is 25.5 Å². The van der Waals surface area contributed by atoms with Crippen molar-refractivity contribution in [2.24, 2.45) is 0 Å². The van der Waals surface area contributed by atoms with Crippen LogP contribution in [0.1, 0.15) is 21.6 Å². The number of nitrogens with zero attached hydrogens (tertiary/aromatic N) is 3. The van der Waals surface area contributed by atoms with Gasteiger partial charge in [0.15, 0.2) is 0 Å². The van der Waals surface area contributed by atoms with E-state index in [1.807, 2.05) is 0 Å². The number of rotatable bonds is 1. The molecule has 2 aromatic heterocycles. The molecule has 92 valence electrons. The first kappa shape index (κ1) is 10.7. The van der Waals surface area contributed by atoms with E-state index in [2.05, 4.69) is 25.5 Å². The van der Waals surface area contributed by atoms with Crippen molar-refractivity contribution in [3.63, 3.8) is 0 Å². The molecule has 18 heavy (non-hydrogen) atoms. The lowest BCUT2D eigenvalue weighted by molar-refractivity contribution is 0.0957. The Morgan fingerprint density at radius 2 is 2.28 bits per heavy atom. The Bertz CT molecular complexity index is 632. The SMILES string of the molecule is CNC(=O)c1[nH]nc2c1CCc1cnc(N)nc1-2. The number of hydrogen-bond acceptors (Lipinski definition) is 5. The highest BCUT2D eigenvalue weighted by molar-refractivity contribution is 5.95. The van der Waals surface area contributed by atoms with E-state index in [4.69, 9.17) is 5.73 Å². The zero-order valence-electron chi connectivity index (χ0n) is 9.82. The number of nitrogen functional groups attached to an aromatic ring is 1. The largest absolute Gasteiger partial charge is 0.368 e. The summed E-state index contributed by atoms with van der Waals surface area (Å²) in [4.78, 5) is 19.9. The van der Waals surface area contributed by atoms with Gasteiger partial charge in [-0.15, -0.1) is 0 Å². The fourth-order valence-corrected chi connectivity index (χ4v) is 2.19. The number of aromatic nitrogens is 4. The van der Waals surface area contributed by atoms with Gasteiger partial charge in [-0.05, 0) is 18.4 Å². The predicted molar refractivity (Wildman–Crippen MR) is 64.8 cm³/mol. The van der Waals surface area contributed by atoms with Crippen molar-refractivity contribution in [3.8, 4) is 11.4 Å². The number of hydrogen-bond donors (Lipinski definition) is 3. The summed E-state index contributed by atoms with van der Waals surface area (Å²) in [6, 6.07) is 0. The van der Waals surface area contributed by atoms with E-state index >= 15 is 0 Å². The van der Waals surface area contributed by atoms with Gasteiger partial charge in [-0.1, -0.05) is 0 Å². The Labute approximate surface area is 103 Å². The van der Waals surface area contributed by atoms with E-state index in [1.54, 1.807) is 13.2 Å². The number of fused-ring (bicyclic) bond motifs is 3. The number of amides is 1. The van der Waals surface area contributed by atoms with Gasteiger partial charge >= 0.3 is 0 Å². The molecule has 2 aromatic rings. The Morgan fingerprint density at radius 1 is 1.44 bits per heavy atom. The quantitative estimate of drug-likeness (QED) is 0.649. The lowest BCUT2D eigenvalue weighted by Crippen LogP contribution is -2.20. The number of aromatic amines is 1. The molecule has 7 nitrogen and oxygen atoms in total. The molecule has 7 heteroatoms. The molecular formula is C11H12N6O. The summed E-state index contributed by atoms with van der Waals surface area (Å²) in [5.41, 5.74) is 9.40. The van der Waals surface area contributed by atoms with Gasteiger partial charge in [-0.3, -0.25) is 9.89 Å². The second-order valence-corrected chi connectivity index (χ2v) is 4.11. The number of anilines is 1. The molecule has 0 aliphatic heterocycles. The molecule has 1 amide bonds. The highest BCUT2D eigenvalue weighted by atomic mass is 16.1. The van der Waals surface area contributed by atoms with Crippen LogP contribution in [0.5, 0.6) is 0 Å². The minimum absolute atomic E-state index is 0.172. The third-order valence-electron chi connectivity index (χ3n) is 3.07. The van der Waals surface area contributed by atoms with E-state index in [0.717, 1.165) is 29.7 Å². The van der Waals surface area contributed by atoms with E-state index in [1.165, 1.54) is 0 Å². The molecule has 4 N–H and O–H groups in total. The predicted octanol–water partition coefficient (Wildman–Crippen LogP) is -0.0929. The summed E-state index contributed by atoms with van der Waals surface area (Å²) in [6.07, 6.45) is 3.25. The molecule has 0 aromatic carbocycles. The molecule has 0 fully saturated rings. The van der Waals surface area contributed by atoms with Crippen LogP contribution in [0, 0.1) is 0 Å². The molecule has 0 spiro atoms. The molecule has 0 bridgehead atoms. The lowest BCUT2D eigenvalue weighted by atomic mass is 9.93. The number of aryl methyl sites for hydroxylation is 1. The van der Waals surface area contributed by atoms with Crippen LogP contribution in [0.4, 0.5) is 5.95 Å². The summed E-state index contributed by atoms with van der Waals surface area (Å²) in [5.74, 6) is 0.0420. The normalized spacial score (nSPS) is 12.7. The number of carbonyl (C=O) groups excluding carboxylic acids is 1.